The number of rotatable bonds is 7. The van der Waals surface area contributed by atoms with Crippen LogP contribution in [0, 0.1) is 6.92 Å². The van der Waals surface area contributed by atoms with Gasteiger partial charge in [-0.3, -0.25) is 4.79 Å². The third-order valence-corrected chi connectivity index (χ3v) is 5.15. The van der Waals surface area contributed by atoms with Gasteiger partial charge < -0.3 is 4.57 Å². The van der Waals surface area contributed by atoms with Crippen molar-refractivity contribution in [2.75, 3.05) is 0 Å². The van der Waals surface area contributed by atoms with E-state index in [9.17, 15) is 4.79 Å². The summed E-state index contributed by atoms with van der Waals surface area (Å²) in [5, 5.41) is 0. The summed E-state index contributed by atoms with van der Waals surface area (Å²) in [5.74, 6) is 0. The molecular formula is C25H29NO. The summed E-state index contributed by atoms with van der Waals surface area (Å²) in [6, 6.07) is 16.6. The summed E-state index contributed by atoms with van der Waals surface area (Å²) in [4.78, 5) is 13.3. The van der Waals surface area contributed by atoms with Gasteiger partial charge in [0, 0.05) is 30.6 Å². The number of pyridine rings is 1. The van der Waals surface area contributed by atoms with Crippen molar-refractivity contribution in [1.82, 2.24) is 4.57 Å². The topological polar surface area (TPSA) is 22.0 Å². The average Bonchev–Trinajstić information content (AvgIpc) is 2.68. The van der Waals surface area contributed by atoms with Gasteiger partial charge in [0.1, 0.15) is 0 Å². The Morgan fingerprint density at radius 1 is 0.852 bits per heavy atom. The fraction of sp³-hybridized carbons (Fsp3) is 0.320. The molecule has 0 spiro atoms. The first-order valence-corrected chi connectivity index (χ1v) is 9.95. The van der Waals surface area contributed by atoms with Crippen molar-refractivity contribution < 1.29 is 0 Å². The maximum absolute atomic E-state index is 13.3. The van der Waals surface area contributed by atoms with Crippen molar-refractivity contribution in [3.8, 4) is 22.3 Å². The van der Waals surface area contributed by atoms with Crippen LogP contribution in [-0.2, 0) is 13.5 Å². The van der Waals surface area contributed by atoms with E-state index >= 15 is 0 Å². The van der Waals surface area contributed by atoms with Crippen LogP contribution in [0.25, 0.3) is 22.3 Å². The van der Waals surface area contributed by atoms with E-state index in [1.807, 2.05) is 48.3 Å². The average molecular weight is 360 g/mol. The molecule has 0 N–H and O–H groups in total. The third kappa shape index (κ3) is 4.57. The van der Waals surface area contributed by atoms with Crippen LogP contribution in [-0.4, -0.2) is 4.57 Å². The fourth-order valence-electron chi connectivity index (χ4n) is 3.63. The summed E-state index contributed by atoms with van der Waals surface area (Å²) in [7, 11) is 1.99. The SMILES string of the molecule is CCCCCCc1cccc(-c2cn(C)cc(-c3ccccc3C)c2=O)c1. The lowest BCUT2D eigenvalue weighted by Gasteiger charge is -2.12. The molecule has 1 aromatic heterocycles. The minimum absolute atomic E-state index is 0.102. The van der Waals surface area contributed by atoms with E-state index in [1.165, 1.54) is 31.2 Å². The monoisotopic (exact) mass is 359 g/mol. The number of nitrogens with zero attached hydrogens (tertiary/aromatic N) is 1. The zero-order chi connectivity index (χ0) is 19.2. The zero-order valence-corrected chi connectivity index (χ0v) is 16.7. The molecule has 0 bridgehead atoms. The fourth-order valence-corrected chi connectivity index (χ4v) is 3.63. The lowest BCUT2D eigenvalue weighted by Crippen LogP contribution is -2.12. The molecule has 0 saturated heterocycles. The molecule has 0 fully saturated rings. The number of hydrogen-bond acceptors (Lipinski definition) is 1. The molecule has 0 aliphatic heterocycles. The second kappa shape index (κ2) is 8.85. The molecule has 0 atom stereocenters. The Balaban J connectivity index is 1.98. The highest BCUT2D eigenvalue weighted by molar-refractivity contribution is 5.73. The van der Waals surface area contributed by atoms with Crippen molar-refractivity contribution in [3.05, 3.63) is 82.3 Å². The Hall–Kier alpha value is -2.61. The van der Waals surface area contributed by atoms with Crippen molar-refractivity contribution in [2.45, 2.75) is 46.0 Å². The van der Waals surface area contributed by atoms with Gasteiger partial charge in [-0.25, -0.2) is 0 Å². The molecule has 2 aromatic carbocycles. The highest BCUT2D eigenvalue weighted by Gasteiger charge is 2.12. The predicted octanol–water partition coefficient (Wildman–Crippen LogP) is 6.15. The minimum Gasteiger partial charge on any atom is -0.356 e. The van der Waals surface area contributed by atoms with Crippen molar-refractivity contribution in [2.24, 2.45) is 7.05 Å². The maximum atomic E-state index is 13.3. The van der Waals surface area contributed by atoms with Gasteiger partial charge in [0.25, 0.3) is 0 Å². The molecule has 0 radical (unpaired) electrons. The van der Waals surface area contributed by atoms with Gasteiger partial charge in [0.15, 0.2) is 5.43 Å². The van der Waals surface area contributed by atoms with Crippen molar-refractivity contribution >= 4 is 0 Å². The van der Waals surface area contributed by atoms with Crippen LogP contribution in [0.5, 0.6) is 0 Å². The van der Waals surface area contributed by atoms with Crippen LogP contribution in [0.3, 0.4) is 0 Å². The number of aryl methyl sites for hydroxylation is 3. The quantitative estimate of drug-likeness (QED) is 0.464. The van der Waals surface area contributed by atoms with Gasteiger partial charge in [-0.15, -0.1) is 0 Å². The Labute approximate surface area is 162 Å². The van der Waals surface area contributed by atoms with Crippen LogP contribution in [0.2, 0.25) is 0 Å². The van der Waals surface area contributed by atoms with E-state index in [0.29, 0.717) is 0 Å². The van der Waals surface area contributed by atoms with E-state index in [0.717, 1.165) is 34.2 Å². The molecule has 0 amide bonds. The number of unbranched alkanes of at least 4 members (excludes halogenated alkanes) is 3. The van der Waals surface area contributed by atoms with Crippen LogP contribution >= 0.6 is 0 Å². The van der Waals surface area contributed by atoms with Gasteiger partial charge in [0.05, 0.1) is 0 Å². The zero-order valence-electron chi connectivity index (χ0n) is 16.7. The lowest BCUT2D eigenvalue weighted by molar-refractivity contribution is 0.667. The molecule has 1 heterocycles. The lowest BCUT2D eigenvalue weighted by atomic mass is 9.96. The Morgan fingerprint density at radius 2 is 1.63 bits per heavy atom. The smallest absolute Gasteiger partial charge is 0.197 e. The molecule has 0 saturated carbocycles. The van der Waals surface area contributed by atoms with Gasteiger partial charge in [0.2, 0.25) is 0 Å². The second-order valence-electron chi connectivity index (χ2n) is 7.41. The summed E-state index contributed by atoms with van der Waals surface area (Å²) < 4.78 is 1.99. The largest absolute Gasteiger partial charge is 0.356 e. The third-order valence-electron chi connectivity index (χ3n) is 5.15. The van der Waals surface area contributed by atoms with Crippen LogP contribution < -0.4 is 5.43 Å². The van der Waals surface area contributed by atoms with E-state index in [2.05, 4.69) is 38.1 Å². The van der Waals surface area contributed by atoms with Crippen molar-refractivity contribution in [1.29, 1.82) is 0 Å². The van der Waals surface area contributed by atoms with Gasteiger partial charge in [-0.2, -0.15) is 0 Å². The van der Waals surface area contributed by atoms with E-state index in [1.54, 1.807) is 0 Å². The number of hydrogen-bond donors (Lipinski definition) is 0. The standard InChI is InChI=1S/C25H29NO/c1-4-5-6-7-12-20-13-10-14-21(16-20)23-17-26(3)18-24(25(23)27)22-15-9-8-11-19(22)2/h8-11,13-18H,4-7,12H2,1-3H3. The summed E-state index contributed by atoms with van der Waals surface area (Å²) in [6.45, 7) is 4.29. The maximum Gasteiger partial charge on any atom is 0.197 e. The van der Waals surface area contributed by atoms with Gasteiger partial charge in [-0.05, 0) is 42.0 Å². The first kappa shape index (κ1) is 19.2. The second-order valence-corrected chi connectivity index (χ2v) is 7.41. The molecule has 0 aliphatic carbocycles. The Kier molecular flexibility index (Phi) is 6.28. The molecule has 0 aliphatic rings. The summed E-state index contributed by atoms with van der Waals surface area (Å²) in [6.07, 6.45) is 9.97. The first-order chi connectivity index (χ1) is 13.1. The first-order valence-electron chi connectivity index (χ1n) is 9.95. The van der Waals surface area contributed by atoms with Crippen LogP contribution in [0.4, 0.5) is 0 Å². The summed E-state index contributed by atoms with van der Waals surface area (Å²) >= 11 is 0. The summed E-state index contributed by atoms with van der Waals surface area (Å²) in [5.41, 5.74) is 6.10. The minimum atomic E-state index is 0.102. The van der Waals surface area contributed by atoms with Gasteiger partial charge in [-0.1, -0.05) is 74.7 Å². The Morgan fingerprint density at radius 3 is 2.41 bits per heavy atom. The molecule has 0 unspecified atom stereocenters. The normalized spacial score (nSPS) is 10.9. The number of benzene rings is 2. The number of aromatic nitrogens is 1. The molecule has 2 nitrogen and oxygen atoms in total. The van der Waals surface area contributed by atoms with E-state index < -0.39 is 0 Å². The van der Waals surface area contributed by atoms with Gasteiger partial charge >= 0.3 is 0 Å². The predicted molar refractivity (Wildman–Crippen MR) is 115 cm³/mol. The highest BCUT2D eigenvalue weighted by Crippen LogP contribution is 2.24. The molecular weight excluding hydrogens is 330 g/mol. The molecule has 3 aromatic rings. The van der Waals surface area contributed by atoms with E-state index in [-0.39, 0.29) is 5.43 Å². The highest BCUT2D eigenvalue weighted by atomic mass is 16.1. The van der Waals surface area contributed by atoms with E-state index in [4.69, 9.17) is 0 Å². The Bertz CT molecular complexity index is 968. The molecule has 140 valence electrons. The van der Waals surface area contributed by atoms with Crippen LogP contribution in [0.1, 0.15) is 43.7 Å². The molecule has 27 heavy (non-hydrogen) atoms. The van der Waals surface area contributed by atoms with Crippen molar-refractivity contribution in [3.63, 3.8) is 0 Å². The molecule has 2 heteroatoms. The van der Waals surface area contributed by atoms with Crippen LogP contribution in [0.15, 0.2) is 65.7 Å². The molecule has 3 rings (SSSR count).